The number of nitrogens with one attached hydrogen (secondary N) is 2. The second-order valence-electron chi connectivity index (χ2n) is 6.04. The molecule has 2 aliphatic rings. The molecule has 0 saturated carbocycles. The highest BCUT2D eigenvalue weighted by Crippen LogP contribution is 2.30. The first kappa shape index (κ1) is 17.5. The molecule has 10 heteroatoms. The SMILES string of the molecule is O=C(CN1CCN(c2ccnc3c2CC(=O)N3)CC1)NCC(F)(F)F. The fourth-order valence-corrected chi connectivity index (χ4v) is 3.00. The van der Waals surface area contributed by atoms with E-state index in [1.165, 1.54) is 0 Å². The monoisotopic (exact) mass is 357 g/mol. The lowest BCUT2D eigenvalue weighted by molar-refractivity contribution is -0.139. The van der Waals surface area contributed by atoms with Gasteiger partial charge < -0.3 is 15.5 Å². The molecule has 1 fully saturated rings. The average Bonchev–Trinajstić information content (AvgIpc) is 2.93. The molecule has 3 rings (SSSR count). The van der Waals surface area contributed by atoms with E-state index in [-0.39, 0.29) is 12.5 Å². The van der Waals surface area contributed by atoms with E-state index in [1.54, 1.807) is 6.20 Å². The molecule has 3 heterocycles. The molecule has 2 N–H and O–H groups in total. The van der Waals surface area contributed by atoms with E-state index in [0.29, 0.717) is 38.4 Å². The quantitative estimate of drug-likeness (QED) is 0.815. The molecule has 7 nitrogen and oxygen atoms in total. The summed E-state index contributed by atoms with van der Waals surface area (Å²) in [4.78, 5) is 31.2. The van der Waals surface area contributed by atoms with Gasteiger partial charge in [0, 0.05) is 43.6 Å². The van der Waals surface area contributed by atoms with Crippen LogP contribution in [0, 0.1) is 0 Å². The van der Waals surface area contributed by atoms with Crippen LogP contribution in [0.2, 0.25) is 0 Å². The number of piperazine rings is 1. The van der Waals surface area contributed by atoms with Gasteiger partial charge >= 0.3 is 6.18 Å². The van der Waals surface area contributed by atoms with E-state index in [1.807, 2.05) is 16.3 Å². The van der Waals surface area contributed by atoms with Gasteiger partial charge in [0.1, 0.15) is 12.4 Å². The van der Waals surface area contributed by atoms with Crippen molar-refractivity contribution in [1.29, 1.82) is 0 Å². The third-order valence-electron chi connectivity index (χ3n) is 4.19. The minimum Gasteiger partial charge on any atom is -0.369 e. The van der Waals surface area contributed by atoms with Crippen molar-refractivity contribution in [2.45, 2.75) is 12.6 Å². The van der Waals surface area contributed by atoms with E-state index in [9.17, 15) is 22.8 Å². The number of aromatic nitrogens is 1. The zero-order valence-electron chi connectivity index (χ0n) is 13.4. The molecule has 0 aliphatic carbocycles. The van der Waals surface area contributed by atoms with Gasteiger partial charge in [0.25, 0.3) is 0 Å². The van der Waals surface area contributed by atoms with Crippen LogP contribution >= 0.6 is 0 Å². The van der Waals surface area contributed by atoms with E-state index >= 15 is 0 Å². The van der Waals surface area contributed by atoms with Crippen molar-refractivity contribution in [2.24, 2.45) is 0 Å². The van der Waals surface area contributed by atoms with Crippen molar-refractivity contribution in [2.75, 3.05) is 49.5 Å². The van der Waals surface area contributed by atoms with Gasteiger partial charge in [0.05, 0.1) is 13.0 Å². The number of anilines is 2. The van der Waals surface area contributed by atoms with Crippen molar-refractivity contribution in [3.8, 4) is 0 Å². The molecule has 0 bridgehead atoms. The van der Waals surface area contributed by atoms with Crippen LogP contribution in [0.3, 0.4) is 0 Å². The van der Waals surface area contributed by atoms with Gasteiger partial charge in [-0.1, -0.05) is 0 Å². The molecule has 0 unspecified atom stereocenters. The number of alkyl halides is 3. The van der Waals surface area contributed by atoms with Crippen LogP contribution in [-0.4, -0.2) is 67.1 Å². The average molecular weight is 357 g/mol. The van der Waals surface area contributed by atoms with Gasteiger partial charge in [-0.05, 0) is 6.07 Å². The smallest absolute Gasteiger partial charge is 0.369 e. The zero-order chi connectivity index (χ0) is 18.0. The summed E-state index contributed by atoms with van der Waals surface area (Å²) >= 11 is 0. The topological polar surface area (TPSA) is 77.6 Å². The number of hydrogen-bond donors (Lipinski definition) is 2. The Hall–Kier alpha value is -2.36. The highest BCUT2D eigenvalue weighted by molar-refractivity contribution is 6.00. The van der Waals surface area contributed by atoms with Crippen LogP contribution in [-0.2, 0) is 16.0 Å². The van der Waals surface area contributed by atoms with Crippen molar-refractivity contribution >= 4 is 23.3 Å². The minimum absolute atomic E-state index is 0.0571. The molecule has 1 saturated heterocycles. The Labute approximate surface area is 142 Å². The predicted molar refractivity (Wildman–Crippen MR) is 84.3 cm³/mol. The summed E-state index contributed by atoms with van der Waals surface area (Å²) in [6, 6.07) is 1.85. The lowest BCUT2D eigenvalue weighted by Crippen LogP contribution is -2.50. The molecule has 0 radical (unpaired) electrons. The molecule has 136 valence electrons. The molecule has 25 heavy (non-hydrogen) atoms. The van der Waals surface area contributed by atoms with E-state index in [2.05, 4.69) is 15.2 Å². The molecular formula is C15H18F3N5O2. The molecule has 0 spiro atoms. The fourth-order valence-electron chi connectivity index (χ4n) is 3.00. The second-order valence-corrected chi connectivity index (χ2v) is 6.04. The Morgan fingerprint density at radius 1 is 1.28 bits per heavy atom. The summed E-state index contributed by atoms with van der Waals surface area (Å²) in [6.45, 7) is 0.985. The number of halogens is 3. The molecule has 2 amide bonds. The van der Waals surface area contributed by atoms with Crippen molar-refractivity contribution in [3.05, 3.63) is 17.8 Å². The first-order valence-corrected chi connectivity index (χ1v) is 7.90. The molecule has 0 atom stereocenters. The first-order chi connectivity index (χ1) is 11.8. The maximum Gasteiger partial charge on any atom is 0.405 e. The lowest BCUT2D eigenvalue weighted by atomic mass is 10.1. The number of carbonyl (C=O) groups is 2. The highest BCUT2D eigenvalue weighted by Gasteiger charge is 2.29. The maximum atomic E-state index is 12.1. The molecule has 1 aromatic heterocycles. The Balaban J connectivity index is 1.52. The first-order valence-electron chi connectivity index (χ1n) is 7.90. The predicted octanol–water partition coefficient (Wildman–Crippen LogP) is 0.377. The summed E-state index contributed by atoms with van der Waals surface area (Å²) in [5.41, 5.74) is 1.80. The van der Waals surface area contributed by atoms with Crippen LogP contribution in [0.1, 0.15) is 5.56 Å². The van der Waals surface area contributed by atoms with Gasteiger partial charge in [-0.2, -0.15) is 13.2 Å². The molecule has 2 aliphatic heterocycles. The lowest BCUT2D eigenvalue weighted by Gasteiger charge is -2.36. The molecular weight excluding hydrogens is 339 g/mol. The van der Waals surface area contributed by atoms with Crippen LogP contribution in [0.15, 0.2) is 12.3 Å². The number of hydrogen-bond acceptors (Lipinski definition) is 5. The second kappa shape index (κ2) is 6.87. The zero-order valence-corrected chi connectivity index (χ0v) is 13.4. The van der Waals surface area contributed by atoms with Crippen LogP contribution in [0.4, 0.5) is 24.7 Å². The Morgan fingerprint density at radius 2 is 2.00 bits per heavy atom. The van der Waals surface area contributed by atoms with Crippen molar-refractivity contribution < 1.29 is 22.8 Å². The number of pyridine rings is 1. The number of nitrogens with zero attached hydrogens (tertiary/aromatic N) is 3. The van der Waals surface area contributed by atoms with Crippen molar-refractivity contribution in [1.82, 2.24) is 15.2 Å². The third-order valence-corrected chi connectivity index (χ3v) is 4.19. The Morgan fingerprint density at radius 3 is 2.68 bits per heavy atom. The third kappa shape index (κ3) is 4.38. The Bertz CT molecular complexity index is 672. The van der Waals surface area contributed by atoms with Crippen LogP contribution in [0.25, 0.3) is 0 Å². The van der Waals surface area contributed by atoms with Gasteiger partial charge in [-0.15, -0.1) is 0 Å². The van der Waals surface area contributed by atoms with Crippen molar-refractivity contribution in [3.63, 3.8) is 0 Å². The standard InChI is InChI=1S/C15H18F3N5O2/c16-15(17,18)9-20-13(25)8-22-3-5-23(6-4-22)11-1-2-19-14-10(11)7-12(24)21-14/h1-2H,3-9H2,(H,20,25)(H,19,21,24). The fraction of sp³-hybridized carbons (Fsp3) is 0.533. The molecule has 0 aromatic carbocycles. The van der Waals surface area contributed by atoms with Gasteiger partial charge in [-0.25, -0.2) is 4.98 Å². The number of rotatable bonds is 4. The van der Waals surface area contributed by atoms with Crippen LogP contribution < -0.4 is 15.5 Å². The van der Waals surface area contributed by atoms with E-state index in [0.717, 1.165) is 11.3 Å². The van der Waals surface area contributed by atoms with E-state index < -0.39 is 18.6 Å². The van der Waals surface area contributed by atoms with Gasteiger partial charge in [0.2, 0.25) is 11.8 Å². The maximum absolute atomic E-state index is 12.1. The van der Waals surface area contributed by atoms with E-state index in [4.69, 9.17) is 0 Å². The Kier molecular flexibility index (Phi) is 4.80. The summed E-state index contributed by atoms with van der Waals surface area (Å²) in [7, 11) is 0. The number of amides is 2. The largest absolute Gasteiger partial charge is 0.405 e. The van der Waals surface area contributed by atoms with Gasteiger partial charge in [-0.3, -0.25) is 14.5 Å². The number of fused-ring (bicyclic) bond motifs is 1. The summed E-state index contributed by atoms with van der Waals surface area (Å²) in [6.07, 6.45) is -2.48. The minimum atomic E-state index is -4.40. The summed E-state index contributed by atoms with van der Waals surface area (Å²) < 4.78 is 36.3. The summed E-state index contributed by atoms with van der Waals surface area (Å²) in [5, 5.41) is 4.58. The highest BCUT2D eigenvalue weighted by atomic mass is 19.4. The summed E-state index contributed by atoms with van der Waals surface area (Å²) in [5.74, 6) is -0.142. The number of carbonyl (C=O) groups excluding carboxylic acids is 2. The van der Waals surface area contributed by atoms with Crippen LogP contribution in [0.5, 0.6) is 0 Å². The van der Waals surface area contributed by atoms with Gasteiger partial charge in [0.15, 0.2) is 0 Å². The normalized spacial score (nSPS) is 18.0. The molecule has 1 aromatic rings.